The molecule has 20 heavy (non-hydrogen) atoms. The molecule has 0 radical (unpaired) electrons. The largest absolute Gasteiger partial charge is 0.478 e. The van der Waals surface area contributed by atoms with Crippen molar-refractivity contribution in [3.8, 4) is 0 Å². The molecular weight excluding hydrogens is 258 g/mol. The Kier molecular flexibility index (Phi) is 5.93. The zero-order valence-electron chi connectivity index (χ0n) is 11.8. The third-order valence-electron chi connectivity index (χ3n) is 2.73. The summed E-state index contributed by atoms with van der Waals surface area (Å²) in [5.41, 5.74) is 2.15. The monoisotopic (exact) mass is 277 g/mol. The lowest BCUT2D eigenvalue weighted by Gasteiger charge is -2.13. The van der Waals surface area contributed by atoms with Gasteiger partial charge in [-0.3, -0.25) is 4.79 Å². The lowest BCUT2D eigenvalue weighted by atomic mass is 10.0. The maximum atomic E-state index is 12.0. The van der Waals surface area contributed by atoms with E-state index < -0.39 is 5.97 Å². The van der Waals surface area contributed by atoms with Crippen LogP contribution < -0.4 is 5.32 Å². The zero-order chi connectivity index (χ0) is 15.1. The van der Waals surface area contributed by atoms with Gasteiger partial charge in [-0.05, 0) is 43.2 Å². The first-order valence-electron chi connectivity index (χ1n) is 6.25. The molecule has 0 aliphatic rings. The van der Waals surface area contributed by atoms with Crippen LogP contribution in [0.1, 0.15) is 28.4 Å². The predicted molar refractivity (Wildman–Crippen MR) is 76.7 cm³/mol. The number of carboxylic acid groups (broad SMARTS) is 1. The second-order valence-electron chi connectivity index (χ2n) is 4.57. The highest BCUT2D eigenvalue weighted by atomic mass is 16.5. The van der Waals surface area contributed by atoms with Crippen LogP contribution in [-0.4, -0.2) is 36.7 Å². The SMILES string of the molecule is COCC(C)NC(=O)c1ccc(/C=C/C(=O)O)c(C)c1. The van der Waals surface area contributed by atoms with Gasteiger partial charge in [0, 0.05) is 24.8 Å². The van der Waals surface area contributed by atoms with Crippen molar-refractivity contribution in [3.05, 3.63) is 41.0 Å². The van der Waals surface area contributed by atoms with Crippen LogP contribution in [0.4, 0.5) is 0 Å². The lowest BCUT2D eigenvalue weighted by molar-refractivity contribution is -0.131. The third kappa shape index (κ3) is 4.85. The quantitative estimate of drug-likeness (QED) is 0.778. The standard InChI is InChI=1S/C15H19NO4/c1-10-8-13(15(19)16-11(2)9-20-3)5-4-12(10)6-7-14(17)18/h4-8,11H,9H2,1-3H3,(H,16,19)(H,17,18)/b7-6+. The number of benzene rings is 1. The fraction of sp³-hybridized carbons (Fsp3) is 0.333. The van der Waals surface area contributed by atoms with Gasteiger partial charge in [0.25, 0.3) is 5.91 Å². The third-order valence-corrected chi connectivity index (χ3v) is 2.73. The first kappa shape index (κ1) is 15.9. The summed E-state index contributed by atoms with van der Waals surface area (Å²) in [6.45, 7) is 4.14. The number of carbonyl (C=O) groups excluding carboxylic acids is 1. The highest BCUT2D eigenvalue weighted by molar-refractivity contribution is 5.95. The molecule has 0 fully saturated rings. The normalized spacial score (nSPS) is 12.3. The summed E-state index contributed by atoms with van der Waals surface area (Å²) in [6, 6.07) is 5.06. The highest BCUT2D eigenvalue weighted by Crippen LogP contribution is 2.13. The van der Waals surface area contributed by atoms with Crippen molar-refractivity contribution in [3.63, 3.8) is 0 Å². The first-order valence-corrected chi connectivity index (χ1v) is 6.25. The summed E-state index contributed by atoms with van der Waals surface area (Å²) in [5.74, 6) is -1.17. The number of aliphatic carboxylic acids is 1. The average molecular weight is 277 g/mol. The van der Waals surface area contributed by atoms with E-state index in [4.69, 9.17) is 9.84 Å². The molecule has 1 aromatic carbocycles. The molecule has 1 aromatic rings. The van der Waals surface area contributed by atoms with E-state index >= 15 is 0 Å². The summed E-state index contributed by atoms with van der Waals surface area (Å²) < 4.78 is 4.96. The van der Waals surface area contributed by atoms with Crippen molar-refractivity contribution in [2.45, 2.75) is 19.9 Å². The van der Waals surface area contributed by atoms with Crippen LogP contribution in [0.25, 0.3) is 6.08 Å². The Bertz CT molecular complexity index is 523. The number of hydrogen-bond acceptors (Lipinski definition) is 3. The molecule has 0 bridgehead atoms. The Hall–Kier alpha value is -2.14. The Labute approximate surface area is 118 Å². The molecule has 0 spiro atoms. The number of carboxylic acids is 1. The summed E-state index contributed by atoms with van der Waals surface area (Å²) in [6.07, 6.45) is 2.58. The van der Waals surface area contributed by atoms with Crippen molar-refractivity contribution in [2.75, 3.05) is 13.7 Å². The van der Waals surface area contributed by atoms with E-state index in [0.717, 1.165) is 17.2 Å². The van der Waals surface area contributed by atoms with Gasteiger partial charge in [0.15, 0.2) is 0 Å². The number of aryl methyl sites for hydroxylation is 1. The second-order valence-corrected chi connectivity index (χ2v) is 4.57. The summed E-state index contributed by atoms with van der Waals surface area (Å²) in [7, 11) is 1.58. The first-order chi connectivity index (χ1) is 9.43. The Morgan fingerprint density at radius 3 is 2.70 bits per heavy atom. The van der Waals surface area contributed by atoms with Gasteiger partial charge in [-0.25, -0.2) is 4.79 Å². The van der Waals surface area contributed by atoms with Crippen LogP contribution in [0.5, 0.6) is 0 Å². The molecule has 0 heterocycles. The van der Waals surface area contributed by atoms with Gasteiger partial charge in [-0.2, -0.15) is 0 Å². The van der Waals surface area contributed by atoms with E-state index in [0.29, 0.717) is 12.2 Å². The molecule has 0 saturated heterocycles. The fourth-order valence-corrected chi connectivity index (χ4v) is 1.76. The molecule has 2 N–H and O–H groups in total. The van der Waals surface area contributed by atoms with Crippen LogP contribution in [0.3, 0.4) is 0 Å². The van der Waals surface area contributed by atoms with Gasteiger partial charge in [-0.15, -0.1) is 0 Å². The van der Waals surface area contributed by atoms with Crippen molar-refractivity contribution < 1.29 is 19.4 Å². The van der Waals surface area contributed by atoms with E-state index in [-0.39, 0.29) is 11.9 Å². The van der Waals surface area contributed by atoms with Gasteiger partial charge in [0.1, 0.15) is 0 Å². The number of carbonyl (C=O) groups is 2. The number of ether oxygens (including phenoxy) is 1. The van der Waals surface area contributed by atoms with Crippen molar-refractivity contribution in [2.24, 2.45) is 0 Å². The molecule has 0 aliphatic heterocycles. The average Bonchev–Trinajstić information content (AvgIpc) is 2.37. The Morgan fingerprint density at radius 1 is 1.45 bits per heavy atom. The second kappa shape index (κ2) is 7.45. The molecule has 1 unspecified atom stereocenters. The molecular formula is C15H19NO4. The molecule has 1 atom stereocenters. The van der Waals surface area contributed by atoms with Crippen LogP contribution in [-0.2, 0) is 9.53 Å². The molecule has 0 saturated carbocycles. The number of nitrogens with one attached hydrogen (secondary N) is 1. The van der Waals surface area contributed by atoms with Crippen LogP contribution in [0.2, 0.25) is 0 Å². The molecule has 108 valence electrons. The van der Waals surface area contributed by atoms with Crippen molar-refractivity contribution in [1.82, 2.24) is 5.32 Å². The minimum absolute atomic E-state index is 0.0700. The highest BCUT2D eigenvalue weighted by Gasteiger charge is 2.10. The van der Waals surface area contributed by atoms with Crippen molar-refractivity contribution >= 4 is 18.0 Å². The van der Waals surface area contributed by atoms with Gasteiger partial charge in [-0.1, -0.05) is 6.07 Å². The zero-order valence-corrected chi connectivity index (χ0v) is 11.8. The number of methoxy groups -OCH3 is 1. The predicted octanol–water partition coefficient (Wildman–Crippen LogP) is 1.86. The van der Waals surface area contributed by atoms with Crippen molar-refractivity contribution in [1.29, 1.82) is 0 Å². The summed E-state index contributed by atoms with van der Waals surface area (Å²) >= 11 is 0. The van der Waals surface area contributed by atoms with E-state index in [1.54, 1.807) is 25.3 Å². The molecule has 1 amide bonds. The number of rotatable bonds is 6. The fourth-order valence-electron chi connectivity index (χ4n) is 1.76. The van der Waals surface area contributed by atoms with E-state index in [2.05, 4.69) is 5.32 Å². The number of hydrogen-bond donors (Lipinski definition) is 2. The van der Waals surface area contributed by atoms with Crippen LogP contribution >= 0.6 is 0 Å². The Morgan fingerprint density at radius 2 is 2.15 bits per heavy atom. The smallest absolute Gasteiger partial charge is 0.328 e. The van der Waals surface area contributed by atoms with Gasteiger partial charge in [0.2, 0.25) is 0 Å². The molecule has 1 rings (SSSR count). The molecule has 5 nitrogen and oxygen atoms in total. The summed E-state index contributed by atoms with van der Waals surface area (Å²) in [5, 5.41) is 11.4. The van der Waals surface area contributed by atoms with E-state index in [1.165, 1.54) is 6.08 Å². The van der Waals surface area contributed by atoms with E-state index in [9.17, 15) is 9.59 Å². The minimum Gasteiger partial charge on any atom is -0.478 e. The van der Waals surface area contributed by atoms with Gasteiger partial charge < -0.3 is 15.2 Å². The Balaban J connectivity index is 2.81. The van der Waals surface area contributed by atoms with Gasteiger partial charge >= 0.3 is 5.97 Å². The molecule has 0 aliphatic carbocycles. The number of amides is 1. The van der Waals surface area contributed by atoms with Crippen LogP contribution in [0, 0.1) is 6.92 Å². The van der Waals surface area contributed by atoms with E-state index in [1.807, 2.05) is 13.8 Å². The molecule has 0 aromatic heterocycles. The lowest BCUT2D eigenvalue weighted by Crippen LogP contribution is -2.35. The molecule has 5 heteroatoms. The van der Waals surface area contributed by atoms with Crippen LogP contribution in [0.15, 0.2) is 24.3 Å². The maximum absolute atomic E-state index is 12.0. The summed E-state index contributed by atoms with van der Waals surface area (Å²) in [4.78, 5) is 22.5. The topological polar surface area (TPSA) is 75.6 Å². The van der Waals surface area contributed by atoms with Gasteiger partial charge in [0.05, 0.1) is 6.61 Å². The maximum Gasteiger partial charge on any atom is 0.328 e. The minimum atomic E-state index is -1.00.